The predicted octanol–water partition coefficient (Wildman–Crippen LogP) is 3.12. The molecule has 2 aliphatic heterocycles. The number of ether oxygens (including phenoxy) is 2. The van der Waals surface area contributed by atoms with Crippen molar-refractivity contribution in [3.63, 3.8) is 0 Å². The fraction of sp³-hybridized carbons (Fsp3) is 0.391. The molecule has 0 aliphatic carbocycles. The first-order valence-electron chi connectivity index (χ1n) is 10.1. The third-order valence-corrected chi connectivity index (χ3v) is 5.56. The van der Waals surface area contributed by atoms with Gasteiger partial charge in [-0.05, 0) is 56.2 Å². The quantitative estimate of drug-likeness (QED) is 0.800. The number of benzene rings is 2. The minimum atomic E-state index is -0.525. The van der Waals surface area contributed by atoms with Gasteiger partial charge in [0, 0.05) is 17.8 Å². The molecule has 6 heteroatoms. The second-order valence-electron chi connectivity index (χ2n) is 7.57. The molecule has 0 saturated carbocycles. The van der Waals surface area contributed by atoms with Crippen LogP contribution in [-0.2, 0) is 9.53 Å². The molecule has 29 heavy (non-hydrogen) atoms. The highest BCUT2D eigenvalue weighted by molar-refractivity contribution is 5.96. The van der Waals surface area contributed by atoms with E-state index in [0.29, 0.717) is 31.8 Å². The topological polar surface area (TPSA) is 59.1 Å². The van der Waals surface area contributed by atoms with Crippen LogP contribution in [0.15, 0.2) is 54.6 Å². The average molecular weight is 394 g/mol. The van der Waals surface area contributed by atoms with Crippen LogP contribution in [0.4, 0.5) is 5.69 Å². The van der Waals surface area contributed by atoms with Crippen LogP contribution in [0.3, 0.4) is 0 Å². The van der Waals surface area contributed by atoms with E-state index in [2.05, 4.69) is 0 Å². The number of piperidine rings is 1. The van der Waals surface area contributed by atoms with Gasteiger partial charge in [0.05, 0.1) is 19.7 Å². The Morgan fingerprint density at radius 3 is 2.59 bits per heavy atom. The van der Waals surface area contributed by atoms with Crippen LogP contribution < -0.4 is 9.64 Å². The molecule has 0 aromatic heterocycles. The van der Waals surface area contributed by atoms with Gasteiger partial charge in [0.25, 0.3) is 11.8 Å². The van der Waals surface area contributed by atoms with Crippen molar-refractivity contribution in [2.75, 3.05) is 37.7 Å². The van der Waals surface area contributed by atoms with Crippen LogP contribution in [0.1, 0.15) is 30.1 Å². The highest BCUT2D eigenvalue weighted by Crippen LogP contribution is 2.32. The molecule has 1 spiro atoms. The number of para-hydroxylation sites is 1. The lowest BCUT2D eigenvalue weighted by atomic mass is 9.90. The fourth-order valence-corrected chi connectivity index (χ4v) is 4.12. The molecule has 0 bridgehead atoms. The Bertz CT molecular complexity index is 868. The SMILES string of the molecule is CCOc1ccc(C(=O)N2CCCC3(C2)CN(c2ccccc2)C(=O)CO3)cc1. The van der Waals surface area contributed by atoms with Gasteiger partial charge in [0.15, 0.2) is 0 Å². The van der Waals surface area contributed by atoms with Crippen LogP contribution in [0.2, 0.25) is 0 Å². The number of hydrogen-bond acceptors (Lipinski definition) is 4. The maximum atomic E-state index is 13.1. The number of nitrogens with zero attached hydrogens (tertiary/aromatic N) is 2. The minimum absolute atomic E-state index is 0.0149. The summed E-state index contributed by atoms with van der Waals surface area (Å²) in [6, 6.07) is 16.9. The Labute approximate surface area is 171 Å². The van der Waals surface area contributed by atoms with E-state index in [1.165, 1.54) is 0 Å². The third kappa shape index (κ3) is 4.12. The van der Waals surface area contributed by atoms with E-state index < -0.39 is 5.60 Å². The highest BCUT2D eigenvalue weighted by atomic mass is 16.5. The van der Waals surface area contributed by atoms with Gasteiger partial charge >= 0.3 is 0 Å². The number of carbonyl (C=O) groups is 2. The zero-order valence-electron chi connectivity index (χ0n) is 16.7. The van der Waals surface area contributed by atoms with Crippen LogP contribution in [0.25, 0.3) is 0 Å². The van der Waals surface area contributed by atoms with Crippen molar-refractivity contribution >= 4 is 17.5 Å². The van der Waals surface area contributed by atoms with Crippen molar-refractivity contribution in [3.8, 4) is 5.75 Å². The van der Waals surface area contributed by atoms with Crippen molar-refractivity contribution in [2.45, 2.75) is 25.4 Å². The molecule has 0 N–H and O–H groups in total. The summed E-state index contributed by atoms with van der Waals surface area (Å²) in [6.45, 7) is 4.20. The highest BCUT2D eigenvalue weighted by Gasteiger charge is 2.44. The molecule has 2 fully saturated rings. The van der Waals surface area contributed by atoms with Gasteiger partial charge in [-0.15, -0.1) is 0 Å². The first-order valence-corrected chi connectivity index (χ1v) is 10.1. The summed E-state index contributed by atoms with van der Waals surface area (Å²) < 4.78 is 11.5. The summed E-state index contributed by atoms with van der Waals surface area (Å²) in [6.07, 6.45) is 1.68. The van der Waals surface area contributed by atoms with Crippen LogP contribution in [0.5, 0.6) is 5.75 Å². The van der Waals surface area contributed by atoms with Gasteiger partial charge in [0.1, 0.15) is 18.0 Å². The lowest BCUT2D eigenvalue weighted by Crippen LogP contribution is -2.62. The zero-order valence-corrected chi connectivity index (χ0v) is 16.7. The molecule has 2 aliphatic rings. The normalized spacial score (nSPS) is 22.0. The van der Waals surface area contributed by atoms with Gasteiger partial charge in [-0.3, -0.25) is 9.59 Å². The maximum absolute atomic E-state index is 13.1. The number of rotatable bonds is 4. The molecule has 2 amide bonds. The van der Waals surface area contributed by atoms with E-state index in [9.17, 15) is 9.59 Å². The van der Waals surface area contributed by atoms with Crippen LogP contribution in [0, 0.1) is 0 Å². The Morgan fingerprint density at radius 1 is 1.10 bits per heavy atom. The summed E-state index contributed by atoms with van der Waals surface area (Å²) in [5.74, 6) is 0.697. The molecular weight excluding hydrogens is 368 g/mol. The van der Waals surface area contributed by atoms with Crippen molar-refractivity contribution in [2.24, 2.45) is 0 Å². The molecule has 1 atom stereocenters. The number of likely N-dealkylation sites (tertiary alicyclic amines) is 1. The largest absolute Gasteiger partial charge is 0.494 e. The van der Waals surface area contributed by atoms with Crippen molar-refractivity contribution in [1.82, 2.24) is 4.90 Å². The average Bonchev–Trinajstić information content (AvgIpc) is 2.77. The molecule has 4 rings (SSSR count). The number of carbonyl (C=O) groups excluding carboxylic acids is 2. The van der Waals surface area contributed by atoms with Gasteiger partial charge in [-0.1, -0.05) is 18.2 Å². The Morgan fingerprint density at radius 2 is 1.86 bits per heavy atom. The number of amides is 2. The lowest BCUT2D eigenvalue weighted by molar-refractivity contribution is -0.144. The minimum Gasteiger partial charge on any atom is -0.494 e. The van der Waals surface area contributed by atoms with Gasteiger partial charge in [-0.25, -0.2) is 0 Å². The predicted molar refractivity (Wildman–Crippen MR) is 110 cm³/mol. The number of morpholine rings is 1. The summed E-state index contributed by atoms with van der Waals surface area (Å²) >= 11 is 0. The van der Waals surface area contributed by atoms with Crippen LogP contribution in [-0.4, -0.2) is 55.2 Å². The molecule has 1 unspecified atom stereocenters. The first kappa shape index (κ1) is 19.5. The third-order valence-electron chi connectivity index (χ3n) is 5.56. The zero-order chi connectivity index (χ0) is 20.3. The standard InChI is InChI=1S/C23H26N2O4/c1-2-28-20-11-9-18(10-12-20)22(27)24-14-6-13-23(16-24)17-25(21(26)15-29-23)19-7-4-3-5-8-19/h3-5,7-12H,2,6,13-17H2,1H3. The van der Waals surface area contributed by atoms with Gasteiger partial charge < -0.3 is 19.3 Å². The number of hydrogen-bond donors (Lipinski definition) is 0. The Hall–Kier alpha value is -2.86. The monoisotopic (exact) mass is 394 g/mol. The van der Waals surface area contributed by atoms with Gasteiger partial charge in [-0.2, -0.15) is 0 Å². The van der Waals surface area contributed by atoms with E-state index in [1.54, 1.807) is 17.0 Å². The molecule has 2 aromatic rings. The molecule has 2 heterocycles. The summed E-state index contributed by atoms with van der Waals surface area (Å²) in [7, 11) is 0. The van der Waals surface area contributed by atoms with Crippen molar-refractivity contribution in [1.29, 1.82) is 0 Å². The molecule has 6 nitrogen and oxygen atoms in total. The van der Waals surface area contributed by atoms with Crippen molar-refractivity contribution < 1.29 is 19.1 Å². The van der Waals surface area contributed by atoms with E-state index in [0.717, 1.165) is 24.3 Å². The molecule has 0 radical (unpaired) electrons. The second kappa shape index (κ2) is 8.25. The smallest absolute Gasteiger partial charge is 0.253 e. The van der Waals surface area contributed by atoms with E-state index in [-0.39, 0.29) is 18.4 Å². The summed E-state index contributed by atoms with van der Waals surface area (Å²) in [4.78, 5) is 29.1. The molecule has 2 saturated heterocycles. The second-order valence-corrected chi connectivity index (χ2v) is 7.57. The molecular formula is C23H26N2O4. The molecule has 152 valence electrons. The van der Waals surface area contributed by atoms with Crippen molar-refractivity contribution in [3.05, 3.63) is 60.2 Å². The molecule has 2 aromatic carbocycles. The van der Waals surface area contributed by atoms with E-state index in [1.807, 2.05) is 54.3 Å². The van der Waals surface area contributed by atoms with E-state index >= 15 is 0 Å². The van der Waals surface area contributed by atoms with Gasteiger partial charge in [0.2, 0.25) is 0 Å². The summed E-state index contributed by atoms with van der Waals surface area (Å²) in [5.41, 5.74) is 0.982. The Kier molecular flexibility index (Phi) is 5.53. The maximum Gasteiger partial charge on any atom is 0.253 e. The lowest BCUT2D eigenvalue weighted by Gasteiger charge is -2.47. The first-order chi connectivity index (χ1) is 14.1. The number of anilines is 1. The Balaban J connectivity index is 1.49. The van der Waals surface area contributed by atoms with E-state index in [4.69, 9.17) is 9.47 Å². The fourth-order valence-electron chi connectivity index (χ4n) is 4.12. The summed E-state index contributed by atoms with van der Waals surface area (Å²) in [5, 5.41) is 0. The van der Waals surface area contributed by atoms with Crippen LogP contribution >= 0.6 is 0 Å².